The molecule has 3 rings (SSSR count). The second kappa shape index (κ2) is 9.95. The summed E-state index contributed by atoms with van der Waals surface area (Å²) in [6.45, 7) is 1.25. The minimum atomic E-state index is -0.146. The molecule has 0 spiro atoms. The average Bonchev–Trinajstić information content (AvgIpc) is 3.17. The van der Waals surface area contributed by atoms with Crippen molar-refractivity contribution in [2.75, 3.05) is 6.61 Å². The van der Waals surface area contributed by atoms with E-state index in [1.165, 1.54) is 0 Å². The van der Waals surface area contributed by atoms with E-state index in [1.54, 1.807) is 18.6 Å². The van der Waals surface area contributed by atoms with Crippen molar-refractivity contribution in [1.82, 2.24) is 9.55 Å². The zero-order valence-corrected chi connectivity index (χ0v) is 16.8. The summed E-state index contributed by atoms with van der Waals surface area (Å²) in [7, 11) is 0. The Bertz CT molecular complexity index is 877. The molecular formula is C21H19Cl3N2O. The molecule has 0 saturated carbocycles. The number of aryl methyl sites for hydroxylation is 1. The number of halogens is 3. The van der Waals surface area contributed by atoms with Crippen LogP contribution in [0.2, 0.25) is 15.1 Å². The molecule has 3 nitrogen and oxygen atoms in total. The summed E-state index contributed by atoms with van der Waals surface area (Å²) in [5.74, 6) is 0. The maximum atomic E-state index is 6.39. The fourth-order valence-corrected chi connectivity index (χ4v) is 3.36. The van der Waals surface area contributed by atoms with Gasteiger partial charge in [-0.3, -0.25) is 0 Å². The molecule has 0 aliphatic heterocycles. The first-order valence-corrected chi connectivity index (χ1v) is 9.69. The summed E-state index contributed by atoms with van der Waals surface area (Å²) in [4.78, 5) is 4.08. The number of ether oxygens (including phenoxy) is 1. The van der Waals surface area contributed by atoms with Crippen LogP contribution in [0.15, 0.2) is 67.3 Å². The van der Waals surface area contributed by atoms with Gasteiger partial charge in [0.1, 0.15) is 0 Å². The predicted molar refractivity (Wildman–Crippen MR) is 112 cm³/mol. The van der Waals surface area contributed by atoms with Crippen LogP contribution in [0, 0.1) is 0 Å². The third-order valence-electron chi connectivity index (χ3n) is 4.09. The van der Waals surface area contributed by atoms with E-state index in [4.69, 9.17) is 39.5 Å². The lowest BCUT2D eigenvalue weighted by Crippen LogP contribution is -2.09. The van der Waals surface area contributed by atoms with E-state index in [1.807, 2.05) is 59.3 Å². The standard InChI is InChI=1S/C21H19Cl3N2O/c22-17-5-3-16(4-6-17)2-1-13-27-21(9-11-26-12-10-25-15-26)19-8-7-18(23)14-20(19)24/h1-8,10,12,14-15,21H,9,11,13H2. The van der Waals surface area contributed by atoms with E-state index in [0.717, 1.165) is 29.1 Å². The van der Waals surface area contributed by atoms with Crippen molar-refractivity contribution in [3.63, 3.8) is 0 Å². The third-order valence-corrected chi connectivity index (χ3v) is 4.91. The maximum Gasteiger partial charge on any atom is 0.0945 e. The first-order chi connectivity index (χ1) is 13.1. The molecule has 2 aromatic carbocycles. The SMILES string of the molecule is Clc1ccc(C=CCOC(CCn2ccnc2)c2ccc(Cl)cc2Cl)cc1. The summed E-state index contributed by atoms with van der Waals surface area (Å²) in [5, 5.41) is 1.94. The molecule has 0 radical (unpaired) electrons. The van der Waals surface area contributed by atoms with Crippen LogP contribution >= 0.6 is 34.8 Å². The predicted octanol–water partition coefficient (Wildman–Crippen LogP) is 6.70. The van der Waals surface area contributed by atoms with Gasteiger partial charge in [0.05, 0.1) is 19.0 Å². The molecule has 0 aliphatic rings. The molecule has 0 aliphatic carbocycles. The molecule has 1 aromatic heterocycles. The molecule has 0 saturated heterocycles. The maximum absolute atomic E-state index is 6.39. The lowest BCUT2D eigenvalue weighted by Gasteiger charge is -2.19. The monoisotopic (exact) mass is 420 g/mol. The van der Waals surface area contributed by atoms with Gasteiger partial charge in [0.25, 0.3) is 0 Å². The largest absolute Gasteiger partial charge is 0.369 e. The highest BCUT2D eigenvalue weighted by molar-refractivity contribution is 6.35. The van der Waals surface area contributed by atoms with Gasteiger partial charge in [-0.2, -0.15) is 0 Å². The number of hydrogen-bond acceptors (Lipinski definition) is 2. The Hall–Kier alpha value is -1.78. The van der Waals surface area contributed by atoms with Crippen LogP contribution in [-0.2, 0) is 11.3 Å². The average molecular weight is 422 g/mol. The normalized spacial score (nSPS) is 12.6. The molecule has 0 fully saturated rings. The highest BCUT2D eigenvalue weighted by Crippen LogP contribution is 2.31. The molecule has 1 atom stereocenters. The number of imidazole rings is 1. The Labute approximate surface area is 174 Å². The number of hydrogen-bond donors (Lipinski definition) is 0. The van der Waals surface area contributed by atoms with Crippen molar-refractivity contribution in [3.8, 4) is 0 Å². The fourth-order valence-electron chi connectivity index (χ4n) is 2.71. The van der Waals surface area contributed by atoms with E-state index in [9.17, 15) is 0 Å². The molecule has 0 bridgehead atoms. The van der Waals surface area contributed by atoms with Crippen molar-refractivity contribution >= 4 is 40.9 Å². The van der Waals surface area contributed by atoms with Gasteiger partial charge in [-0.25, -0.2) is 4.98 Å². The van der Waals surface area contributed by atoms with Crippen LogP contribution in [0.1, 0.15) is 23.7 Å². The molecular weight excluding hydrogens is 403 g/mol. The van der Waals surface area contributed by atoms with Crippen LogP contribution < -0.4 is 0 Å². The van der Waals surface area contributed by atoms with Gasteiger partial charge in [0, 0.05) is 34.0 Å². The van der Waals surface area contributed by atoms with Crippen LogP contribution in [0.3, 0.4) is 0 Å². The fraction of sp³-hybridized carbons (Fsp3) is 0.190. The van der Waals surface area contributed by atoms with Crippen molar-refractivity contribution in [2.45, 2.75) is 19.1 Å². The van der Waals surface area contributed by atoms with Gasteiger partial charge in [0.15, 0.2) is 0 Å². The van der Waals surface area contributed by atoms with Gasteiger partial charge in [0.2, 0.25) is 0 Å². The molecule has 1 unspecified atom stereocenters. The third kappa shape index (κ3) is 6.12. The Morgan fingerprint density at radius 2 is 1.81 bits per heavy atom. The Kier molecular flexibility index (Phi) is 7.36. The second-order valence-electron chi connectivity index (χ2n) is 6.03. The minimum Gasteiger partial charge on any atom is -0.369 e. The zero-order valence-electron chi connectivity index (χ0n) is 14.6. The van der Waals surface area contributed by atoms with Crippen molar-refractivity contribution in [2.24, 2.45) is 0 Å². The van der Waals surface area contributed by atoms with Crippen LogP contribution in [0.4, 0.5) is 0 Å². The van der Waals surface area contributed by atoms with E-state index < -0.39 is 0 Å². The minimum absolute atomic E-state index is 0.146. The topological polar surface area (TPSA) is 27.1 Å². The number of benzene rings is 2. The van der Waals surface area contributed by atoms with Crippen LogP contribution in [0.25, 0.3) is 6.08 Å². The molecule has 0 N–H and O–H groups in total. The lowest BCUT2D eigenvalue weighted by molar-refractivity contribution is 0.0643. The van der Waals surface area contributed by atoms with E-state index >= 15 is 0 Å². The highest BCUT2D eigenvalue weighted by atomic mass is 35.5. The molecule has 1 heterocycles. The van der Waals surface area contributed by atoms with Crippen molar-refractivity contribution < 1.29 is 4.74 Å². The quantitative estimate of drug-likeness (QED) is 0.404. The first-order valence-electron chi connectivity index (χ1n) is 8.56. The van der Waals surface area contributed by atoms with Crippen LogP contribution in [0.5, 0.6) is 0 Å². The first kappa shape index (κ1) is 20.0. The lowest BCUT2D eigenvalue weighted by atomic mass is 10.1. The van der Waals surface area contributed by atoms with Crippen molar-refractivity contribution in [1.29, 1.82) is 0 Å². The van der Waals surface area contributed by atoms with E-state index in [-0.39, 0.29) is 6.10 Å². The smallest absolute Gasteiger partial charge is 0.0945 e. The van der Waals surface area contributed by atoms with Gasteiger partial charge in [-0.1, -0.05) is 65.2 Å². The second-order valence-corrected chi connectivity index (χ2v) is 7.31. The molecule has 3 aromatic rings. The molecule has 27 heavy (non-hydrogen) atoms. The van der Waals surface area contributed by atoms with E-state index in [0.29, 0.717) is 16.7 Å². The van der Waals surface area contributed by atoms with Gasteiger partial charge >= 0.3 is 0 Å². The number of rotatable bonds is 8. The summed E-state index contributed by atoms with van der Waals surface area (Å²) < 4.78 is 8.14. The highest BCUT2D eigenvalue weighted by Gasteiger charge is 2.15. The van der Waals surface area contributed by atoms with Crippen molar-refractivity contribution in [3.05, 3.63) is 93.5 Å². The van der Waals surface area contributed by atoms with Gasteiger partial charge in [-0.15, -0.1) is 0 Å². The van der Waals surface area contributed by atoms with Gasteiger partial charge < -0.3 is 9.30 Å². The summed E-state index contributed by atoms with van der Waals surface area (Å²) in [5.41, 5.74) is 2.00. The zero-order chi connectivity index (χ0) is 19.1. The summed E-state index contributed by atoms with van der Waals surface area (Å²) in [6.07, 6.45) is 10.1. The number of nitrogens with zero attached hydrogens (tertiary/aromatic N) is 2. The van der Waals surface area contributed by atoms with E-state index in [2.05, 4.69) is 4.98 Å². The Morgan fingerprint density at radius 3 is 2.52 bits per heavy atom. The summed E-state index contributed by atoms with van der Waals surface area (Å²) >= 11 is 18.3. The molecule has 6 heteroatoms. The van der Waals surface area contributed by atoms with Gasteiger partial charge in [-0.05, 0) is 41.8 Å². The van der Waals surface area contributed by atoms with Crippen LogP contribution in [-0.4, -0.2) is 16.2 Å². The molecule has 140 valence electrons. The number of aromatic nitrogens is 2. The molecule has 0 amide bonds. The Morgan fingerprint density at radius 1 is 1.04 bits per heavy atom. The summed E-state index contributed by atoms with van der Waals surface area (Å²) in [6, 6.07) is 13.2. The Balaban J connectivity index is 1.66.